The Labute approximate surface area is 72.0 Å². The molecule has 0 heterocycles. The maximum atomic E-state index is 11.0. The van der Waals surface area contributed by atoms with Crippen molar-refractivity contribution in [3.8, 4) is 0 Å². The fourth-order valence-corrected chi connectivity index (χ4v) is 0.937. The number of aliphatic hydroxyl groups excluding tert-OH is 1. The number of carbonyl (C=O) groups excluding carboxylic acids is 1. The first-order valence-corrected chi connectivity index (χ1v) is 4.16. The van der Waals surface area contributed by atoms with Crippen molar-refractivity contribution in [2.24, 2.45) is 5.92 Å². The lowest BCUT2D eigenvalue weighted by Gasteiger charge is -1.96. The van der Waals surface area contributed by atoms with Gasteiger partial charge < -0.3 is 9.84 Å². The largest absolute Gasteiger partial charge is 0.512 e. The standard InChI is InChI=1S/C9H14O3/c1-12-5-4-8(10)6-9(11)7-2-3-7/h6-7,11H,2-5H2,1H3. The lowest BCUT2D eigenvalue weighted by Crippen LogP contribution is -2.00. The quantitative estimate of drug-likeness (QED) is 0.501. The first kappa shape index (κ1) is 9.26. The van der Waals surface area contributed by atoms with Crippen molar-refractivity contribution in [2.45, 2.75) is 19.3 Å². The minimum atomic E-state index is -0.0544. The molecular formula is C9H14O3. The van der Waals surface area contributed by atoms with Gasteiger partial charge in [0.25, 0.3) is 0 Å². The summed E-state index contributed by atoms with van der Waals surface area (Å²) in [5, 5.41) is 9.26. The highest BCUT2D eigenvalue weighted by Gasteiger charge is 2.26. The number of hydrogen-bond acceptors (Lipinski definition) is 3. The number of methoxy groups -OCH3 is 1. The number of hydrogen-bond donors (Lipinski definition) is 1. The van der Waals surface area contributed by atoms with Gasteiger partial charge in [0.1, 0.15) is 0 Å². The third-order valence-corrected chi connectivity index (χ3v) is 1.86. The average molecular weight is 170 g/mol. The van der Waals surface area contributed by atoms with E-state index in [0.717, 1.165) is 12.8 Å². The predicted octanol–water partition coefficient (Wildman–Crippen LogP) is 1.44. The molecule has 12 heavy (non-hydrogen) atoms. The van der Waals surface area contributed by atoms with Crippen LogP contribution in [0.5, 0.6) is 0 Å². The van der Waals surface area contributed by atoms with Gasteiger partial charge in [-0.2, -0.15) is 0 Å². The van der Waals surface area contributed by atoms with Gasteiger partial charge in [0.2, 0.25) is 0 Å². The van der Waals surface area contributed by atoms with Gasteiger partial charge in [-0.05, 0) is 12.8 Å². The Morgan fingerprint density at radius 2 is 2.33 bits per heavy atom. The second-order valence-corrected chi connectivity index (χ2v) is 3.05. The zero-order valence-corrected chi connectivity index (χ0v) is 7.25. The van der Waals surface area contributed by atoms with Crippen molar-refractivity contribution in [1.29, 1.82) is 0 Å². The third kappa shape index (κ3) is 3.05. The Morgan fingerprint density at radius 3 is 2.83 bits per heavy atom. The van der Waals surface area contributed by atoms with E-state index in [-0.39, 0.29) is 17.5 Å². The number of carbonyl (C=O) groups is 1. The number of rotatable bonds is 5. The average Bonchev–Trinajstić information content (AvgIpc) is 2.82. The molecule has 68 valence electrons. The van der Waals surface area contributed by atoms with Crippen molar-refractivity contribution >= 4 is 5.78 Å². The molecule has 0 bridgehead atoms. The van der Waals surface area contributed by atoms with Crippen LogP contribution in [0.1, 0.15) is 19.3 Å². The van der Waals surface area contributed by atoms with E-state index in [2.05, 4.69) is 0 Å². The number of ketones is 1. The number of ether oxygens (including phenoxy) is 1. The zero-order chi connectivity index (χ0) is 8.97. The van der Waals surface area contributed by atoms with Crippen LogP contribution >= 0.6 is 0 Å². The zero-order valence-electron chi connectivity index (χ0n) is 7.25. The van der Waals surface area contributed by atoms with Crippen LogP contribution in [0, 0.1) is 5.92 Å². The molecule has 0 aromatic rings. The van der Waals surface area contributed by atoms with Crippen LogP contribution in [-0.4, -0.2) is 24.6 Å². The van der Waals surface area contributed by atoms with Crippen LogP contribution < -0.4 is 0 Å². The van der Waals surface area contributed by atoms with E-state index < -0.39 is 0 Å². The second kappa shape index (κ2) is 4.26. The minimum absolute atomic E-state index is 0.0544. The van der Waals surface area contributed by atoms with Crippen LogP contribution in [0.25, 0.3) is 0 Å². The van der Waals surface area contributed by atoms with E-state index in [1.165, 1.54) is 6.08 Å². The summed E-state index contributed by atoms with van der Waals surface area (Å²) < 4.78 is 4.74. The van der Waals surface area contributed by atoms with E-state index in [1.54, 1.807) is 7.11 Å². The summed E-state index contributed by atoms with van der Waals surface area (Å²) in [7, 11) is 1.55. The van der Waals surface area contributed by atoms with Crippen molar-refractivity contribution in [3.05, 3.63) is 11.8 Å². The highest BCUT2D eigenvalue weighted by Crippen LogP contribution is 2.34. The molecule has 0 radical (unpaired) electrons. The summed E-state index contributed by atoms with van der Waals surface area (Å²) in [5.74, 6) is 0.453. The smallest absolute Gasteiger partial charge is 0.161 e. The Kier molecular flexibility index (Phi) is 3.29. The SMILES string of the molecule is COCCC(=O)C=C(O)C1CC1. The first-order chi connectivity index (χ1) is 5.74. The van der Waals surface area contributed by atoms with Crippen LogP contribution in [0.3, 0.4) is 0 Å². The molecule has 1 fully saturated rings. The molecular weight excluding hydrogens is 156 g/mol. The molecule has 0 amide bonds. The molecule has 1 rings (SSSR count). The van der Waals surface area contributed by atoms with Crippen LogP contribution in [0.4, 0.5) is 0 Å². The highest BCUT2D eigenvalue weighted by molar-refractivity contribution is 5.90. The highest BCUT2D eigenvalue weighted by atomic mass is 16.5. The maximum Gasteiger partial charge on any atom is 0.161 e. The molecule has 1 N–H and O–H groups in total. The monoisotopic (exact) mass is 170 g/mol. The van der Waals surface area contributed by atoms with Gasteiger partial charge in [0, 0.05) is 25.5 Å². The van der Waals surface area contributed by atoms with E-state index in [0.29, 0.717) is 13.0 Å². The molecule has 3 heteroatoms. The molecule has 1 saturated carbocycles. The third-order valence-electron chi connectivity index (χ3n) is 1.86. The van der Waals surface area contributed by atoms with Gasteiger partial charge in [-0.3, -0.25) is 4.79 Å². The Bertz CT molecular complexity index is 192. The van der Waals surface area contributed by atoms with E-state index >= 15 is 0 Å². The molecule has 0 aromatic carbocycles. The summed E-state index contributed by atoms with van der Waals surface area (Å²) in [6.45, 7) is 0.424. The fourth-order valence-electron chi connectivity index (χ4n) is 0.937. The van der Waals surface area contributed by atoms with Gasteiger partial charge in [-0.15, -0.1) is 0 Å². The van der Waals surface area contributed by atoms with Crippen molar-refractivity contribution in [1.82, 2.24) is 0 Å². The van der Waals surface area contributed by atoms with Crippen LogP contribution in [-0.2, 0) is 9.53 Å². The van der Waals surface area contributed by atoms with Gasteiger partial charge in [0.05, 0.1) is 12.4 Å². The summed E-state index contributed by atoms with van der Waals surface area (Å²) in [6.07, 6.45) is 3.71. The maximum absolute atomic E-state index is 11.0. The molecule has 0 atom stereocenters. The van der Waals surface area contributed by atoms with Crippen LogP contribution in [0.2, 0.25) is 0 Å². The molecule has 0 aromatic heterocycles. The Morgan fingerprint density at radius 1 is 1.67 bits per heavy atom. The van der Waals surface area contributed by atoms with Crippen molar-refractivity contribution in [3.63, 3.8) is 0 Å². The number of aliphatic hydroxyl groups is 1. The summed E-state index contributed by atoms with van der Waals surface area (Å²) >= 11 is 0. The second-order valence-electron chi connectivity index (χ2n) is 3.05. The van der Waals surface area contributed by atoms with Gasteiger partial charge in [-0.25, -0.2) is 0 Å². The topological polar surface area (TPSA) is 46.5 Å². The fraction of sp³-hybridized carbons (Fsp3) is 0.667. The normalized spacial score (nSPS) is 17.9. The van der Waals surface area contributed by atoms with Gasteiger partial charge in [0.15, 0.2) is 5.78 Å². The predicted molar refractivity (Wildman–Crippen MR) is 44.9 cm³/mol. The van der Waals surface area contributed by atoms with E-state index in [9.17, 15) is 9.90 Å². The van der Waals surface area contributed by atoms with Gasteiger partial charge in [-0.1, -0.05) is 0 Å². The summed E-state index contributed by atoms with van der Waals surface area (Å²) in [4.78, 5) is 11.0. The summed E-state index contributed by atoms with van der Waals surface area (Å²) in [5.41, 5.74) is 0. The first-order valence-electron chi connectivity index (χ1n) is 4.16. The van der Waals surface area contributed by atoms with Crippen molar-refractivity contribution < 1.29 is 14.6 Å². The lowest BCUT2D eigenvalue weighted by atomic mass is 10.2. The lowest BCUT2D eigenvalue weighted by molar-refractivity contribution is -0.115. The molecule has 1 aliphatic rings. The molecule has 0 unspecified atom stereocenters. The molecule has 0 aliphatic heterocycles. The molecule has 3 nitrogen and oxygen atoms in total. The summed E-state index contributed by atoms with van der Waals surface area (Å²) in [6, 6.07) is 0. The van der Waals surface area contributed by atoms with E-state index in [1.807, 2.05) is 0 Å². The van der Waals surface area contributed by atoms with Crippen molar-refractivity contribution in [2.75, 3.05) is 13.7 Å². The Balaban J connectivity index is 2.27. The molecule has 1 aliphatic carbocycles. The minimum Gasteiger partial charge on any atom is -0.512 e. The number of allylic oxidation sites excluding steroid dienone is 2. The van der Waals surface area contributed by atoms with Gasteiger partial charge >= 0.3 is 0 Å². The van der Waals surface area contributed by atoms with Crippen LogP contribution in [0.15, 0.2) is 11.8 Å². The Hall–Kier alpha value is -0.830. The van der Waals surface area contributed by atoms with E-state index in [4.69, 9.17) is 4.74 Å². The molecule has 0 saturated heterocycles. The molecule has 0 spiro atoms.